The second kappa shape index (κ2) is 5.46. The van der Waals surface area contributed by atoms with Gasteiger partial charge >= 0.3 is 0 Å². The smallest absolute Gasteiger partial charge is 0.290 e. The molecule has 0 saturated heterocycles. The quantitative estimate of drug-likeness (QED) is 0.610. The number of halogens is 3. The Balaban J connectivity index is 0.00000161. The molecule has 0 unspecified atom stereocenters. The van der Waals surface area contributed by atoms with Crippen molar-refractivity contribution in [3.63, 3.8) is 0 Å². The summed E-state index contributed by atoms with van der Waals surface area (Å²) in [5.41, 5.74) is 1.14. The molecule has 0 amide bonds. The molecule has 21 heavy (non-hydrogen) atoms. The van der Waals surface area contributed by atoms with Gasteiger partial charge in [-0.3, -0.25) is 14.9 Å². The summed E-state index contributed by atoms with van der Waals surface area (Å²) in [6.45, 7) is 2.31. The third kappa shape index (κ3) is 2.28. The number of nitrogens with one attached hydrogen (secondary N) is 2. The van der Waals surface area contributed by atoms with Crippen molar-refractivity contribution < 1.29 is 4.92 Å². The van der Waals surface area contributed by atoms with Crippen molar-refractivity contribution in [3.05, 3.63) is 47.7 Å². The number of hydrogen-bond donors (Lipinski definition) is 2. The third-order valence-electron chi connectivity index (χ3n) is 3.53. The van der Waals surface area contributed by atoms with E-state index in [4.69, 9.17) is 23.2 Å². The topological polar surface area (TPSA) is 88.0 Å². The number of aromatic nitrogens is 1. The van der Waals surface area contributed by atoms with Gasteiger partial charge < -0.3 is 10.3 Å². The van der Waals surface area contributed by atoms with Crippen molar-refractivity contribution in [1.82, 2.24) is 10.3 Å². The molecule has 0 radical (unpaired) electrons. The van der Waals surface area contributed by atoms with E-state index in [0.717, 1.165) is 5.56 Å². The molecule has 2 N–H and O–H groups in total. The van der Waals surface area contributed by atoms with Gasteiger partial charge in [0.25, 0.3) is 11.2 Å². The molecule has 1 aliphatic heterocycles. The Morgan fingerprint density at radius 1 is 1.38 bits per heavy atom. The Hall–Kier alpha value is -1.34. The van der Waals surface area contributed by atoms with Crippen LogP contribution in [-0.4, -0.2) is 9.91 Å². The molecule has 1 aliphatic rings. The van der Waals surface area contributed by atoms with E-state index in [1.165, 1.54) is 6.07 Å². The van der Waals surface area contributed by atoms with Crippen LogP contribution in [0.15, 0.2) is 10.9 Å². The summed E-state index contributed by atoms with van der Waals surface area (Å²) >= 11 is 12.0. The SMILES string of the molecule is C[C@@H]1NCc2c1c1cc([N+](=O)[O-])c(Cl)c(Cl)c1[nH]c2=O.Cl. The molecule has 1 aromatic heterocycles. The zero-order chi connectivity index (χ0) is 14.6. The standard InChI is InChI=1S/C12H9Cl2N3O3.ClH/c1-4-8-5-2-7(17(19)20)9(13)10(14)11(5)16-12(18)6(8)3-15-4;/h2,4,15H,3H2,1H3,(H,16,18);1H/t4-;/m0./s1. The number of rotatable bonds is 1. The van der Waals surface area contributed by atoms with Gasteiger partial charge in [-0.25, -0.2) is 0 Å². The molecule has 3 rings (SSSR count). The molecule has 1 aromatic carbocycles. The lowest BCUT2D eigenvalue weighted by Crippen LogP contribution is -2.13. The maximum absolute atomic E-state index is 12.0. The van der Waals surface area contributed by atoms with Crippen LogP contribution in [0.5, 0.6) is 0 Å². The summed E-state index contributed by atoms with van der Waals surface area (Å²) in [6, 6.07) is 1.29. The van der Waals surface area contributed by atoms with E-state index >= 15 is 0 Å². The molecule has 2 heterocycles. The van der Waals surface area contributed by atoms with Gasteiger partial charge in [-0.15, -0.1) is 12.4 Å². The summed E-state index contributed by atoms with van der Waals surface area (Å²) in [5.74, 6) is 0. The molecule has 112 valence electrons. The number of aromatic amines is 1. The fourth-order valence-corrected chi connectivity index (χ4v) is 3.05. The maximum Gasteiger partial charge on any atom is 0.290 e. The first kappa shape index (κ1) is 16.0. The molecule has 1 atom stereocenters. The minimum atomic E-state index is -0.585. The average molecular weight is 351 g/mol. The number of benzene rings is 1. The van der Waals surface area contributed by atoms with E-state index in [2.05, 4.69) is 10.3 Å². The lowest BCUT2D eigenvalue weighted by molar-refractivity contribution is -0.384. The average Bonchev–Trinajstić information content (AvgIpc) is 2.77. The normalized spacial score (nSPS) is 16.6. The second-order valence-corrected chi connectivity index (χ2v) is 5.41. The molecule has 0 spiro atoms. The minimum Gasteiger partial charge on any atom is -0.320 e. The Morgan fingerprint density at radius 3 is 2.67 bits per heavy atom. The Labute approximate surface area is 135 Å². The predicted molar refractivity (Wildman–Crippen MR) is 83.7 cm³/mol. The van der Waals surface area contributed by atoms with Crippen LogP contribution in [0.3, 0.4) is 0 Å². The number of fused-ring (bicyclic) bond motifs is 3. The Bertz CT molecular complexity index is 819. The van der Waals surface area contributed by atoms with E-state index in [9.17, 15) is 14.9 Å². The summed E-state index contributed by atoms with van der Waals surface area (Å²) in [7, 11) is 0. The number of hydrogen-bond acceptors (Lipinski definition) is 4. The predicted octanol–water partition coefficient (Wildman–Crippen LogP) is 3.33. The summed E-state index contributed by atoms with van der Waals surface area (Å²) < 4.78 is 0. The Morgan fingerprint density at radius 2 is 2.05 bits per heavy atom. The highest BCUT2D eigenvalue weighted by atomic mass is 35.5. The fraction of sp³-hybridized carbons (Fsp3) is 0.250. The number of nitrogens with zero attached hydrogens (tertiary/aromatic N) is 1. The highest BCUT2D eigenvalue weighted by Gasteiger charge is 2.28. The lowest BCUT2D eigenvalue weighted by atomic mass is 10.0. The summed E-state index contributed by atoms with van der Waals surface area (Å²) in [4.78, 5) is 25.1. The van der Waals surface area contributed by atoms with Crippen molar-refractivity contribution in [2.75, 3.05) is 0 Å². The zero-order valence-electron chi connectivity index (χ0n) is 10.7. The van der Waals surface area contributed by atoms with Crippen molar-refractivity contribution in [1.29, 1.82) is 0 Å². The zero-order valence-corrected chi connectivity index (χ0v) is 13.0. The van der Waals surface area contributed by atoms with Crippen LogP contribution in [0, 0.1) is 10.1 Å². The van der Waals surface area contributed by atoms with Gasteiger partial charge in [-0.05, 0) is 12.5 Å². The Kier molecular flexibility index (Phi) is 4.17. The molecule has 0 aliphatic carbocycles. The fourth-order valence-electron chi connectivity index (χ4n) is 2.58. The van der Waals surface area contributed by atoms with Crippen LogP contribution in [0.1, 0.15) is 24.1 Å². The van der Waals surface area contributed by atoms with Gasteiger partial charge in [0.05, 0.1) is 15.5 Å². The van der Waals surface area contributed by atoms with Crippen molar-refractivity contribution in [2.45, 2.75) is 19.5 Å². The van der Waals surface area contributed by atoms with E-state index in [-0.39, 0.29) is 39.7 Å². The monoisotopic (exact) mass is 349 g/mol. The molecule has 0 saturated carbocycles. The molecular formula is C12H10Cl3N3O3. The van der Waals surface area contributed by atoms with Crippen molar-refractivity contribution in [2.24, 2.45) is 0 Å². The number of H-pyrrole nitrogens is 1. The van der Waals surface area contributed by atoms with Gasteiger partial charge in [-0.1, -0.05) is 23.2 Å². The first-order valence-electron chi connectivity index (χ1n) is 5.86. The van der Waals surface area contributed by atoms with Crippen LogP contribution >= 0.6 is 35.6 Å². The largest absolute Gasteiger partial charge is 0.320 e. The summed E-state index contributed by atoms with van der Waals surface area (Å²) in [6.07, 6.45) is 0. The van der Waals surface area contributed by atoms with Gasteiger partial charge in [-0.2, -0.15) is 0 Å². The molecular weight excluding hydrogens is 341 g/mol. The van der Waals surface area contributed by atoms with Crippen LogP contribution in [0.4, 0.5) is 5.69 Å². The van der Waals surface area contributed by atoms with E-state index in [0.29, 0.717) is 23.0 Å². The maximum atomic E-state index is 12.0. The van der Waals surface area contributed by atoms with Crippen LogP contribution < -0.4 is 10.9 Å². The van der Waals surface area contributed by atoms with Crippen LogP contribution in [0.25, 0.3) is 10.9 Å². The van der Waals surface area contributed by atoms with Gasteiger partial charge in [0.15, 0.2) is 0 Å². The van der Waals surface area contributed by atoms with E-state index < -0.39 is 4.92 Å². The first-order valence-corrected chi connectivity index (χ1v) is 6.62. The third-order valence-corrected chi connectivity index (χ3v) is 4.39. The number of pyridine rings is 1. The number of nitro groups is 1. The van der Waals surface area contributed by atoms with Crippen LogP contribution in [0.2, 0.25) is 10.0 Å². The second-order valence-electron chi connectivity index (χ2n) is 4.65. The van der Waals surface area contributed by atoms with Crippen molar-refractivity contribution >= 4 is 52.2 Å². The highest BCUT2D eigenvalue weighted by Crippen LogP contribution is 2.40. The molecule has 9 heteroatoms. The van der Waals surface area contributed by atoms with Crippen molar-refractivity contribution in [3.8, 4) is 0 Å². The van der Waals surface area contributed by atoms with Crippen LogP contribution in [-0.2, 0) is 6.54 Å². The lowest BCUT2D eigenvalue weighted by Gasteiger charge is -2.11. The molecule has 6 nitrogen and oxygen atoms in total. The highest BCUT2D eigenvalue weighted by molar-refractivity contribution is 6.46. The molecule has 2 aromatic rings. The molecule has 0 bridgehead atoms. The minimum absolute atomic E-state index is 0. The van der Waals surface area contributed by atoms with Gasteiger partial charge in [0.1, 0.15) is 5.02 Å². The first-order chi connectivity index (χ1) is 9.41. The van der Waals surface area contributed by atoms with Gasteiger partial charge in [0.2, 0.25) is 0 Å². The molecule has 0 fully saturated rings. The van der Waals surface area contributed by atoms with Gasteiger partial charge in [0, 0.05) is 29.6 Å². The number of nitro benzene ring substituents is 1. The van der Waals surface area contributed by atoms with E-state index in [1.54, 1.807) is 0 Å². The summed E-state index contributed by atoms with van der Waals surface area (Å²) in [5, 5.41) is 14.6. The van der Waals surface area contributed by atoms with E-state index in [1.807, 2.05) is 6.92 Å².